The predicted molar refractivity (Wildman–Crippen MR) is 73.8 cm³/mol. The van der Waals surface area contributed by atoms with Crippen LogP contribution in [0.5, 0.6) is 0 Å². The maximum absolute atomic E-state index is 11.2. The number of nitrogens with one attached hydrogen (secondary N) is 1. The lowest BCUT2D eigenvalue weighted by Crippen LogP contribution is -2.41. The van der Waals surface area contributed by atoms with E-state index in [-0.39, 0.29) is 13.0 Å². The van der Waals surface area contributed by atoms with Gasteiger partial charge in [0, 0.05) is 18.0 Å². The number of benzene rings is 1. The molecule has 5 nitrogen and oxygen atoms in total. The number of rotatable bonds is 4. The first-order chi connectivity index (χ1) is 9.66. The van der Waals surface area contributed by atoms with Gasteiger partial charge in [0.25, 0.3) is 0 Å². The average Bonchev–Trinajstić information content (AvgIpc) is 2.79. The van der Waals surface area contributed by atoms with Crippen molar-refractivity contribution in [2.75, 3.05) is 20.3 Å². The van der Waals surface area contributed by atoms with Crippen molar-refractivity contribution in [3.63, 3.8) is 0 Å². The molecule has 5 heteroatoms. The molecule has 0 fully saturated rings. The number of aromatic amines is 1. The second kappa shape index (κ2) is 4.92. The number of aliphatic carboxylic acids is 1. The minimum Gasteiger partial charge on any atom is -0.481 e. The lowest BCUT2D eigenvalue weighted by molar-refractivity contribution is -0.155. The maximum Gasteiger partial charge on any atom is 0.306 e. The summed E-state index contributed by atoms with van der Waals surface area (Å²) in [7, 11) is 1.56. The Morgan fingerprint density at radius 3 is 3.05 bits per heavy atom. The molecule has 106 valence electrons. The molecule has 0 radical (unpaired) electrons. The summed E-state index contributed by atoms with van der Waals surface area (Å²) in [6, 6.07) is 7.99. The third-order valence-corrected chi connectivity index (χ3v) is 3.81. The zero-order valence-corrected chi connectivity index (χ0v) is 11.3. The van der Waals surface area contributed by atoms with Crippen LogP contribution in [0.15, 0.2) is 24.3 Å². The summed E-state index contributed by atoms with van der Waals surface area (Å²) in [5, 5.41) is 10.3. The maximum atomic E-state index is 11.2. The Morgan fingerprint density at radius 2 is 2.30 bits per heavy atom. The van der Waals surface area contributed by atoms with Gasteiger partial charge >= 0.3 is 5.97 Å². The van der Waals surface area contributed by atoms with Crippen molar-refractivity contribution in [1.82, 2.24) is 4.98 Å². The van der Waals surface area contributed by atoms with Gasteiger partial charge in [-0.05, 0) is 18.1 Å². The quantitative estimate of drug-likeness (QED) is 0.896. The highest BCUT2D eigenvalue weighted by Crippen LogP contribution is 2.39. The molecule has 2 heterocycles. The Kier molecular flexibility index (Phi) is 3.23. The lowest BCUT2D eigenvalue weighted by Gasteiger charge is -2.35. The fourth-order valence-corrected chi connectivity index (χ4v) is 3.05. The number of H-pyrrole nitrogens is 1. The van der Waals surface area contributed by atoms with Gasteiger partial charge in [0.2, 0.25) is 0 Å². The monoisotopic (exact) mass is 275 g/mol. The largest absolute Gasteiger partial charge is 0.481 e. The van der Waals surface area contributed by atoms with E-state index in [1.807, 2.05) is 24.3 Å². The minimum atomic E-state index is -0.923. The molecule has 0 spiro atoms. The van der Waals surface area contributed by atoms with Crippen LogP contribution in [0.4, 0.5) is 0 Å². The van der Waals surface area contributed by atoms with Gasteiger partial charge in [-0.25, -0.2) is 0 Å². The van der Waals surface area contributed by atoms with E-state index in [9.17, 15) is 9.90 Å². The highest BCUT2D eigenvalue weighted by molar-refractivity contribution is 5.85. The molecule has 2 N–H and O–H groups in total. The molecule has 3 rings (SSSR count). The summed E-state index contributed by atoms with van der Waals surface area (Å²) in [6.45, 7) is 0.727. The molecule has 2 aromatic rings. The summed E-state index contributed by atoms with van der Waals surface area (Å²) >= 11 is 0. The molecule has 0 saturated heterocycles. The van der Waals surface area contributed by atoms with Crippen LogP contribution in [-0.4, -0.2) is 36.4 Å². The number of para-hydroxylation sites is 1. The molecule has 1 unspecified atom stereocenters. The topological polar surface area (TPSA) is 71.6 Å². The van der Waals surface area contributed by atoms with Gasteiger partial charge in [-0.1, -0.05) is 18.2 Å². The van der Waals surface area contributed by atoms with Crippen LogP contribution in [0.25, 0.3) is 10.9 Å². The van der Waals surface area contributed by atoms with Gasteiger partial charge in [-0.15, -0.1) is 0 Å². The summed E-state index contributed by atoms with van der Waals surface area (Å²) in [5.74, 6) is -0.895. The normalized spacial score (nSPS) is 21.9. The third kappa shape index (κ3) is 1.99. The first kappa shape index (κ1) is 13.1. The third-order valence-electron chi connectivity index (χ3n) is 3.81. The van der Waals surface area contributed by atoms with Crippen molar-refractivity contribution in [3.8, 4) is 0 Å². The fourth-order valence-electron chi connectivity index (χ4n) is 3.05. The number of carboxylic acids is 1. The Hall–Kier alpha value is -1.85. The fraction of sp³-hybridized carbons (Fsp3) is 0.400. The van der Waals surface area contributed by atoms with Gasteiger partial charge in [-0.2, -0.15) is 0 Å². The van der Waals surface area contributed by atoms with E-state index in [1.54, 1.807) is 7.11 Å². The standard InChI is InChI=1S/C15H17NO4/c1-19-9-15(8-13(17)18)14-11(6-7-20-15)10-4-2-3-5-12(10)16-14/h2-5,16H,6-9H2,1H3,(H,17,18). The van der Waals surface area contributed by atoms with Crippen molar-refractivity contribution < 1.29 is 19.4 Å². The SMILES string of the molecule is COCC1(CC(=O)O)OCCc2c1[nH]c1ccccc21. The van der Waals surface area contributed by atoms with Gasteiger partial charge in [0.15, 0.2) is 0 Å². The van der Waals surface area contributed by atoms with E-state index in [0.717, 1.165) is 28.6 Å². The van der Waals surface area contributed by atoms with Crippen molar-refractivity contribution in [2.45, 2.75) is 18.4 Å². The van der Waals surface area contributed by atoms with Crippen LogP contribution in [0.2, 0.25) is 0 Å². The van der Waals surface area contributed by atoms with Gasteiger partial charge in [-0.3, -0.25) is 4.79 Å². The molecule has 0 bridgehead atoms. The smallest absolute Gasteiger partial charge is 0.306 e. The van der Waals surface area contributed by atoms with E-state index in [1.165, 1.54) is 0 Å². The minimum absolute atomic E-state index is 0.110. The number of hydrogen-bond acceptors (Lipinski definition) is 3. The zero-order valence-electron chi connectivity index (χ0n) is 11.3. The molecule has 0 aliphatic carbocycles. The molecule has 1 aromatic heterocycles. The number of carboxylic acid groups (broad SMARTS) is 1. The first-order valence-corrected chi connectivity index (χ1v) is 6.61. The summed E-state index contributed by atoms with van der Waals surface area (Å²) < 4.78 is 11.1. The van der Waals surface area contributed by atoms with Crippen molar-refractivity contribution >= 4 is 16.9 Å². The van der Waals surface area contributed by atoms with E-state index in [4.69, 9.17) is 9.47 Å². The molecule has 20 heavy (non-hydrogen) atoms. The van der Waals surface area contributed by atoms with Crippen molar-refractivity contribution in [3.05, 3.63) is 35.5 Å². The average molecular weight is 275 g/mol. The van der Waals surface area contributed by atoms with Gasteiger partial charge in [0.1, 0.15) is 5.60 Å². The first-order valence-electron chi connectivity index (χ1n) is 6.61. The molecular weight excluding hydrogens is 258 g/mol. The summed E-state index contributed by atoms with van der Waals surface area (Å²) in [4.78, 5) is 14.6. The summed E-state index contributed by atoms with van der Waals surface area (Å²) in [6.07, 6.45) is 0.672. The molecule has 1 aliphatic rings. The Balaban J connectivity index is 2.18. The van der Waals surface area contributed by atoms with Crippen molar-refractivity contribution in [1.29, 1.82) is 0 Å². The van der Waals surface area contributed by atoms with Crippen molar-refractivity contribution in [2.24, 2.45) is 0 Å². The Labute approximate surface area is 116 Å². The van der Waals surface area contributed by atoms with E-state index >= 15 is 0 Å². The van der Waals surface area contributed by atoms with E-state index in [0.29, 0.717) is 6.61 Å². The lowest BCUT2D eigenvalue weighted by atomic mass is 9.89. The van der Waals surface area contributed by atoms with E-state index in [2.05, 4.69) is 4.98 Å². The number of methoxy groups -OCH3 is 1. The number of fused-ring (bicyclic) bond motifs is 3. The van der Waals surface area contributed by atoms with Crippen LogP contribution >= 0.6 is 0 Å². The Morgan fingerprint density at radius 1 is 1.50 bits per heavy atom. The predicted octanol–water partition coefficient (Wildman–Crippen LogP) is 2.06. The van der Waals surface area contributed by atoms with Gasteiger partial charge < -0.3 is 19.6 Å². The highest BCUT2D eigenvalue weighted by atomic mass is 16.5. The van der Waals surface area contributed by atoms with Crippen LogP contribution in [0.3, 0.4) is 0 Å². The van der Waals surface area contributed by atoms with Crippen LogP contribution < -0.4 is 0 Å². The van der Waals surface area contributed by atoms with E-state index < -0.39 is 11.6 Å². The number of carbonyl (C=O) groups is 1. The molecule has 0 amide bonds. The molecule has 1 atom stereocenters. The second-order valence-electron chi connectivity index (χ2n) is 5.12. The Bertz CT molecular complexity index is 648. The molecule has 0 saturated carbocycles. The number of aromatic nitrogens is 1. The number of ether oxygens (including phenoxy) is 2. The second-order valence-corrected chi connectivity index (χ2v) is 5.12. The van der Waals surface area contributed by atoms with Crippen LogP contribution in [-0.2, 0) is 26.3 Å². The zero-order chi connectivity index (χ0) is 14.2. The van der Waals surface area contributed by atoms with Gasteiger partial charge in [0.05, 0.1) is 25.3 Å². The molecular formula is C15H17NO4. The number of hydrogen-bond donors (Lipinski definition) is 2. The molecule has 1 aromatic carbocycles. The highest BCUT2D eigenvalue weighted by Gasteiger charge is 2.42. The van der Waals surface area contributed by atoms with Crippen LogP contribution in [0.1, 0.15) is 17.7 Å². The molecule has 1 aliphatic heterocycles. The van der Waals surface area contributed by atoms with Crippen LogP contribution in [0, 0.1) is 0 Å². The summed E-state index contributed by atoms with van der Waals surface area (Å²) in [5.41, 5.74) is 2.07.